The highest BCUT2D eigenvalue weighted by atomic mass is 16.6. The fourth-order valence-corrected chi connectivity index (χ4v) is 2.01. The van der Waals surface area contributed by atoms with Crippen molar-refractivity contribution in [2.24, 2.45) is 5.73 Å². The van der Waals surface area contributed by atoms with Gasteiger partial charge in [-0.05, 0) is 19.4 Å². The van der Waals surface area contributed by atoms with E-state index in [1.807, 2.05) is 13.8 Å². The number of likely N-dealkylation sites (N-methyl/N-ethyl adjacent to an activating group) is 1. The van der Waals surface area contributed by atoms with Crippen molar-refractivity contribution in [2.45, 2.75) is 20.3 Å². The van der Waals surface area contributed by atoms with E-state index in [4.69, 9.17) is 24.7 Å². The minimum atomic E-state index is -0.201. The standard InChI is InChI=1S/C19H37N3O6/c1-3-5-6-19(24)22(4-2)17-18(23)21-8-10-26-12-14-28-16-15-27-13-11-25-9-7-20/h5-6H,3-4,7-17,20H2,1-2H3,(H,21,23)/b6-5-. The van der Waals surface area contributed by atoms with E-state index in [9.17, 15) is 9.59 Å². The van der Waals surface area contributed by atoms with Crippen LogP contribution in [0.4, 0.5) is 0 Å². The van der Waals surface area contributed by atoms with Gasteiger partial charge in [-0.2, -0.15) is 0 Å². The van der Waals surface area contributed by atoms with Crippen LogP contribution in [0.25, 0.3) is 0 Å². The lowest BCUT2D eigenvalue weighted by molar-refractivity contribution is -0.132. The molecule has 0 spiro atoms. The van der Waals surface area contributed by atoms with Crippen LogP contribution >= 0.6 is 0 Å². The summed E-state index contributed by atoms with van der Waals surface area (Å²) in [5.74, 6) is -0.354. The summed E-state index contributed by atoms with van der Waals surface area (Å²) >= 11 is 0. The number of ether oxygens (including phenoxy) is 4. The van der Waals surface area contributed by atoms with Crippen molar-refractivity contribution in [1.29, 1.82) is 0 Å². The third kappa shape index (κ3) is 16.6. The van der Waals surface area contributed by atoms with Gasteiger partial charge in [0.05, 0.1) is 59.4 Å². The maximum Gasteiger partial charge on any atom is 0.246 e. The molecule has 2 amide bonds. The highest BCUT2D eigenvalue weighted by Crippen LogP contribution is 1.93. The molecule has 0 aromatic rings. The van der Waals surface area contributed by atoms with Gasteiger partial charge in [0.2, 0.25) is 11.8 Å². The van der Waals surface area contributed by atoms with Crippen LogP contribution in [0.5, 0.6) is 0 Å². The first-order valence-electron chi connectivity index (χ1n) is 9.88. The van der Waals surface area contributed by atoms with Gasteiger partial charge in [-0.25, -0.2) is 0 Å². The van der Waals surface area contributed by atoms with Gasteiger partial charge in [-0.15, -0.1) is 0 Å². The minimum Gasteiger partial charge on any atom is -0.378 e. The Morgan fingerprint density at radius 1 is 0.893 bits per heavy atom. The number of amides is 2. The molecule has 0 aliphatic rings. The minimum absolute atomic E-state index is 0.0454. The van der Waals surface area contributed by atoms with Crippen molar-refractivity contribution >= 4 is 11.8 Å². The summed E-state index contributed by atoms with van der Waals surface area (Å²) in [6, 6.07) is 0. The summed E-state index contributed by atoms with van der Waals surface area (Å²) in [5.41, 5.74) is 5.30. The van der Waals surface area contributed by atoms with Gasteiger partial charge in [-0.3, -0.25) is 9.59 Å². The number of rotatable bonds is 19. The number of nitrogens with two attached hydrogens (primary N) is 1. The molecule has 0 aliphatic carbocycles. The Balaban J connectivity index is 3.49. The van der Waals surface area contributed by atoms with Crippen LogP contribution < -0.4 is 11.1 Å². The molecule has 0 bridgehead atoms. The summed E-state index contributed by atoms with van der Waals surface area (Å²) in [7, 11) is 0. The third-order valence-corrected chi connectivity index (χ3v) is 3.47. The average molecular weight is 404 g/mol. The Morgan fingerprint density at radius 2 is 1.43 bits per heavy atom. The Labute approximate surface area is 168 Å². The molecule has 9 heteroatoms. The number of hydrogen-bond donors (Lipinski definition) is 2. The normalized spacial score (nSPS) is 11.1. The third-order valence-electron chi connectivity index (χ3n) is 3.47. The van der Waals surface area contributed by atoms with Gasteiger partial charge in [-0.1, -0.05) is 13.0 Å². The molecular weight excluding hydrogens is 366 g/mol. The molecule has 0 aromatic carbocycles. The Bertz CT molecular complexity index is 420. The van der Waals surface area contributed by atoms with Crippen molar-refractivity contribution < 1.29 is 28.5 Å². The van der Waals surface area contributed by atoms with Crippen LogP contribution in [0, 0.1) is 0 Å². The lowest BCUT2D eigenvalue weighted by Gasteiger charge is -2.18. The molecule has 3 N–H and O–H groups in total. The summed E-state index contributed by atoms with van der Waals surface area (Å²) in [6.45, 7) is 9.11. The van der Waals surface area contributed by atoms with E-state index >= 15 is 0 Å². The highest BCUT2D eigenvalue weighted by Gasteiger charge is 2.12. The van der Waals surface area contributed by atoms with Crippen LogP contribution in [-0.4, -0.2) is 95.7 Å². The van der Waals surface area contributed by atoms with Crippen LogP contribution in [0.2, 0.25) is 0 Å². The fourth-order valence-electron chi connectivity index (χ4n) is 2.01. The molecule has 0 aliphatic heterocycles. The molecular formula is C19H37N3O6. The fraction of sp³-hybridized carbons (Fsp3) is 0.789. The van der Waals surface area contributed by atoms with Crippen molar-refractivity contribution in [3.63, 3.8) is 0 Å². The number of nitrogens with zero attached hydrogens (tertiary/aromatic N) is 1. The second-order valence-corrected chi connectivity index (χ2v) is 5.75. The van der Waals surface area contributed by atoms with Crippen molar-refractivity contribution in [3.05, 3.63) is 12.2 Å². The molecule has 0 unspecified atom stereocenters. The van der Waals surface area contributed by atoms with E-state index in [1.165, 1.54) is 11.0 Å². The predicted molar refractivity (Wildman–Crippen MR) is 107 cm³/mol. The van der Waals surface area contributed by atoms with Crippen LogP contribution in [-0.2, 0) is 28.5 Å². The molecule has 0 radical (unpaired) electrons. The maximum absolute atomic E-state index is 11.9. The summed E-state index contributed by atoms with van der Waals surface area (Å²) in [6.07, 6.45) is 4.07. The highest BCUT2D eigenvalue weighted by molar-refractivity contribution is 5.91. The van der Waals surface area contributed by atoms with Crippen molar-refractivity contribution in [2.75, 3.05) is 79.0 Å². The number of carbonyl (C=O) groups excluding carboxylic acids is 2. The topological polar surface area (TPSA) is 112 Å². The SMILES string of the molecule is CC/C=C\C(=O)N(CC)CC(=O)NCCOCCOCCOCCOCCN. The Kier molecular flexibility index (Phi) is 19.1. The largest absolute Gasteiger partial charge is 0.378 e. The quantitative estimate of drug-likeness (QED) is 0.230. The molecule has 0 fully saturated rings. The molecule has 0 saturated carbocycles. The second kappa shape index (κ2) is 20.2. The Hall–Kier alpha value is -1.52. The van der Waals surface area contributed by atoms with E-state index in [1.54, 1.807) is 6.08 Å². The summed E-state index contributed by atoms with van der Waals surface area (Å²) in [4.78, 5) is 25.2. The predicted octanol–water partition coefficient (Wildman–Crippen LogP) is -0.0576. The lowest BCUT2D eigenvalue weighted by atomic mass is 10.3. The van der Waals surface area contributed by atoms with Gasteiger partial charge < -0.3 is 34.9 Å². The maximum atomic E-state index is 11.9. The monoisotopic (exact) mass is 403 g/mol. The van der Waals surface area contributed by atoms with E-state index < -0.39 is 0 Å². The summed E-state index contributed by atoms with van der Waals surface area (Å²) in [5, 5.41) is 2.74. The number of carbonyl (C=O) groups is 2. The first kappa shape index (κ1) is 26.5. The number of allylic oxidation sites excluding steroid dienone is 1. The zero-order valence-electron chi connectivity index (χ0n) is 17.3. The molecule has 0 heterocycles. The van der Waals surface area contributed by atoms with Gasteiger partial charge in [0.1, 0.15) is 0 Å². The van der Waals surface area contributed by atoms with Gasteiger partial charge in [0.15, 0.2) is 0 Å². The molecule has 164 valence electrons. The summed E-state index contributed by atoms with van der Waals surface area (Å²) < 4.78 is 21.2. The van der Waals surface area contributed by atoms with Gasteiger partial charge in [0, 0.05) is 19.6 Å². The van der Waals surface area contributed by atoms with E-state index in [2.05, 4.69) is 5.32 Å². The molecule has 28 heavy (non-hydrogen) atoms. The van der Waals surface area contributed by atoms with E-state index in [0.29, 0.717) is 72.5 Å². The van der Waals surface area contributed by atoms with E-state index in [0.717, 1.165) is 6.42 Å². The molecule has 9 nitrogen and oxygen atoms in total. The van der Waals surface area contributed by atoms with Crippen LogP contribution in [0.15, 0.2) is 12.2 Å². The average Bonchev–Trinajstić information content (AvgIpc) is 2.70. The molecule has 0 atom stereocenters. The Morgan fingerprint density at radius 3 is 1.93 bits per heavy atom. The lowest BCUT2D eigenvalue weighted by Crippen LogP contribution is -2.40. The van der Waals surface area contributed by atoms with Crippen LogP contribution in [0.3, 0.4) is 0 Å². The zero-order chi connectivity index (χ0) is 20.9. The van der Waals surface area contributed by atoms with Crippen molar-refractivity contribution in [1.82, 2.24) is 10.2 Å². The van der Waals surface area contributed by atoms with Crippen LogP contribution in [0.1, 0.15) is 20.3 Å². The number of hydrogen-bond acceptors (Lipinski definition) is 7. The number of nitrogens with one attached hydrogen (secondary N) is 1. The molecule has 0 saturated heterocycles. The molecule has 0 rings (SSSR count). The second-order valence-electron chi connectivity index (χ2n) is 5.75. The molecule has 0 aromatic heterocycles. The first-order valence-corrected chi connectivity index (χ1v) is 9.88. The van der Waals surface area contributed by atoms with Gasteiger partial charge in [0.25, 0.3) is 0 Å². The zero-order valence-corrected chi connectivity index (χ0v) is 17.3. The first-order chi connectivity index (χ1) is 13.7. The smallest absolute Gasteiger partial charge is 0.246 e. The van der Waals surface area contributed by atoms with Crippen molar-refractivity contribution in [3.8, 4) is 0 Å². The van der Waals surface area contributed by atoms with Gasteiger partial charge >= 0.3 is 0 Å². The van der Waals surface area contributed by atoms with E-state index in [-0.39, 0.29) is 18.4 Å².